The molecule has 4 aromatic carbocycles. The Morgan fingerprint density at radius 1 is 0.658 bits per heavy atom. The van der Waals surface area contributed by atoms with Crippen LogP contribution in [0.4, 0.5) is 9.59 Å². The Bertz CT molecular complexity index is 2890. The summed E-state index contributed by atoms with van der Waals surface area (Å²) in [7, 11) is 0. The fraction of sp³-hybridized carbons (Fsp3) is 0.516. The fourth-order valence-corrected chi connectivity index (χ4v) is 10.6. The number of alkyl carbamates (subject to hydrolysis) is 2. The average molecular weight is 1210 g/mol. The standard InChI is InChI=1S/C31H41BrN4O3.C16H23N3.C15H20BrNO4/c1-5-6-18-36-27-12-8-7-11-26(27)34-29(36)23-10-9-17-35(21-23)28(37)20-25(33-30(38)39-31(2,3)4)19-22-13-15-24(32)16-14-22;1-2-3-11-19-15-9-5-4-8-14(15)18-16(19)13-7-6-10-17-12-13;1-15(2,3)21-14(20)17-12(9-13(18)19)8-10-4-6-11(16)7-5-10/h7-8,11-16,23,25H,5-6,9-10,17-21H2,1-4H3,(H,33,38);4-5,8-9,13,17H,2-3,6-7,10-12H2,1H3;4-7,12H,8-9H2,1-3H3,(H,17,20)(H,18,19)/t23-,25-;13-;12-/m111/s1. The highest BCUT2D eigenvalue weighted by atomic mass is 79.9. The van der Waals surface area contributed by atoms with Crippen molar-refractivity contribution in [2.24, 2.45) is 0 Å². The quantitative estimate of drug-likeness (QED) is 0.0646. The number of imidazole rings is 2. The number of unbranched alkanes of at least 4 members (excludes halogenated alkanes) is 2. The van der Waals surface area contributed by atoms with Gasteiger partial charge in [0.05, 0.1) is 28.5 Å². The van der Waals surface area contributed by atoms with E-state index in [1.54, 1.807) is 20.8 Å². The number of nitrogens with zero attached hydrogens (tertiary/aromatic N) is 5. The summed E-state index contributed by atoms with van der Waals surface area (Å²) < 4.78 is 17.4. The van der Waals surface area contributed by atoms with E-state index in [4.69, 9.17) is 24.5 Å². The summed E-state index contributed by atoms with van der Waals surface area (Å²) in [5.41, 5.74) is 5.41. The van der Waals surface area contributed by atoms with Crippen molar-refractivity contribution in [3.63, 3.8) is 0 Å². The summed E-state index contributed by atoms with van der Waals surface area (Å²) in [6.07, 6.45) is 9.08. The number of halogens is 2. The molecule has 2 aliphatic heterocycles. The number of aromatic nitrogens is 4. The molecule has 4 heterocycles. The van der Waals surface area contributed by atoms with Gasteiger partial charge < -0.3 is 44.6 Å². The van der Waals surface area contributed by atoms with Gasteiger partial charge in [0.1, 0.15) is 22.9 Å². The van der Waals surface area contributed by atoms with E-state index in [0.29, 0.717) is 25.3 Å². The first-order chi connectivity index (χ1) is 37.7. The van der Waals surface area contributed by atoms with Crippen LogP contribution >= 0.6 is 31.9 Å². The number of carboxylic acids is 1. The molecule has 8 rings (SSSR count). The second-order valence-electron chi connectivity index (χ2n) is 22.8. The Balaban J connectivity index is 0.000000211. The van der Waals surface area contributed by atoms with Gasteiger partial charge in [-0.15, -0.1) is 0 Å². The number of fused-ring (bicyclic) bond motifs is 2. The number of piperidine rings is 2. The highest BCUT2D eigenvalue weighted by molar-refractivity contribution is 9.10. The van der Waals surface area contributed by atoms with Gasteiger partial charge in [-0.2, -0.15) is 0 Å². The molecule has 0 bridgehead atoms. The van der Waals surface area contributed by atoms with Crippen molar-refractivity contribution in [2.75, 3.05) is 26.2 Å². The molecular weight excluding hydrogens is 1130 g/mol. The van der Waals surface area contributed by atoms with Crippen LogP contribution in [-0.4, -0.2) is 103 Å². The van der Waals surface area contributed by atoms with Gasteiger partial charge in [-0.05, 0) is 159 Å². The molecule has 2 saturated heterocycles. The maximum atomic E-state index is 13.6. The summed E-state index contributed by atoms with van der Waals surface area (Å²) in [5.74, 6) is 2.23. The zero-order valence-electron chi connectivity index (χ0n) is 47.7. The number of amides is 3. The second kappa shape index (κ2) is 30.2. The molecule has 2 aromatic heterocycles. The molecule has 2 fully saturated rings. The van der Waals surface area contributed by atoms with Gasteiger partial charge in [-0.1, -0.05) is 107 Å². The molecule has 79 heavy (non-hydrogen) atoms. The topological polar surface area (TPSA) is 182 Å². The number of hydrogen-bond acceptors (Lipinski definition) is 9. The summed E-state index contributed by atoms with van der Waals surface area (Å²) in [4.78, 5) is 60.8. The lowest BCUT2D eigenvalue weighted by molar-refractivity contribution is -0.137. The number of rotatable bonds is 18. The normalized spacial score (nSPS) is 16.4. The molecule has 0 unspecified atom stereocenters. The number of benzene rings is 4. The number of hydrogen-bond donors (Lipinski definition) is 4. The maximum absolute atomic E-state index is 13.6. The molecule has 3 amide bonds. The molecule has 0 saturated carbocycles. The molecule has 4 N–H and O–H groups in total. The third kappa shape index (κ3) is 20.4. The first kappa shape index (κ1) is 62.4. The summed E-state index contributed by atoms with van der Waals surface area (Å²) >= 11 is 6.82. The SMILES string of the molecule is CC(C)(C)OC(=O)N[C@@H](CC(=O)O)Cc1ccc(Br)cc1.CCCCn1c([C@@H]2CCCN(C(=O)C[C@@H](Cc3ccc(Br)cc3)NC(=O)OC(C)(C)C)C2)nc2ccccc21.CCCCn1c([C@@H]2CCCNC2)nc2ccccc21. The number of carbonyl (C=O) groups is 4. The van der Waals surface area contributed by atoms with E-state index in [1.165, 1.54) is 42.5 Å². The Morgan fingerprint density at radius 3 is 1.56 bits per heavy atom. The predicted molar refractivity (Wildman–Crippen MR) is 322 cm³/mol. The van der Waals surface area contributed by atoms with Crippen molar-refractivity contribution in [3.05, 3.63) is 129 Å². The van der Waals surface area contributed by atoms with Crippen LogP contribution in [-0.2, 0) is 45.0 Å². The van der Waals surface area contributed by atoms with Crippen molar-refractivity contribution < 1.29 is 33.8 Å². The van der Waals surface area contributed by atoms with E-state index in [-0.39, 0.29) is 30.7 Å². The van der Waals surface area contributed by atoms with Crippen molar-refractivity contribution in [3.8, 4) is 0 Å². The number of aliphatic carboxylic acids is 1. The maximum Gasteiger partial charge on any atom is 0.407 e. The first-order valence-corrected chi connectivity index (χ1v) is 29.9. The average Bonchev–Trinajstić information content (AvgIpc) is 4.13. The smallest absolute Gasteiger partial charge is 0.407 e. The Morgan fingerprint density at radius 2 is 1.11 bits per heavy atom. The third-order valence-corrected chi connectivity index (χ3v) is 14.8. The minimum absolute atomic E-state index is 0.0501. The Labute approximate surface area is 484 Å². The van der Waals surface area contributed by atoms with Crippen molar-refractivity contribution in [1.29, 1.82) is 0 Å². The van der Waals surface area contributed by atoms with E-state index in [9.17, 15) is 19.2 Å². The van der Waals surface area contributed by atoms with E-state index in [0.717, 1.165) is 95.3 Å². The van der Waals surface area contributed by atoms with Gasteiger partial charge in [0.2, 0.25) is 5.91 Å². The summed E-state index contributed by atoms with van der Waals surface area (Å²) in [5, 5.41) is 18.0. The summed E-state index contributed by atoms with van der Waals surface area (Å²) in [6.45, 7) is 20.9. The number of carbonyl (C=O) groups excluding carboxylic acids is 3. The molecule has 15 nitrogen and oxygen atoms in total. The molecule has 4 atom stereocenters. The minimum Gasteiger partial charge on any atom is -0.481 e. The molecule has 2 aliphatic rings. The van der Waals surface area contributed by atoms with Gasteiger partial charge in [0, 0.05) is 72.0 Å². The van der Waals surface area contributed by atoms with Gasteiger partial charge in [0.25, 0.3) is 0 Å². The highest BCUT2D eigenvalue weighted by Crippen LogP contribution is 2.31. The molecule has 6 aromatic rings. The van der Waals surface area contributed by atoms with E-state index >= 15 is 0 Å². The van der Waals surface area contributed by atoms with Gasteiger partial charge in [0.15, 0.2) is 0 Å². The van der Waals surface area contributed by atoms with Gasteiger partial charge in [-0.3, -0.25) is 9.59 Å². The number of likely N-dealkylation sites (tertiary alicyclic amines) is 1. The number of nitrogens with one attached hydrogen (secondary N) is 3. The van der Waals surface area contributed by atoms with Crippen molar-refractivity contribution in [1.82, 2.24) is 40.0 Å². The van der Waals surface area contributed by atoms with E-state index in [1.807, 2.05) is 80.3 Å². The first-order valence-electron chi connectivity index (χ1n) is 28.3. The van der Waals surface area contributed by atoms with Gasteiger partial charge in [-0.25, -0.2) is 19.6 Å². The lowest BCUT2D eigenvalue weighted by Gasteiger charge is -2.34. The minimum atomic E-state index is -0.965. The Hall–Kier alpha value is -5.78. The van der Waals surface area contributed by atoms with Crippen LogP contribution in [0, 0.1) is 0 Å². The lowest BCUT2D eigenvalue weighted by Crippen LogP contribution is -2.46. The largest absolute Gasteiger partial charge is 0.481 e. The molecule has 0 spiro atoms. The van der Waals surface area contributed by atoms with Crippen LogP contribution in [0.5, 0.6) is 0 Å². The molecule has 0 radical (unpaired) electrons. The molecular formula is C62H84Br2N8O7. The molecule has 0 aliphatic carbocycles. The van der Waals surface area contributed by atoms with Crippen molar-refractivity contribution >= 4 is 78.0 Å². The number of aryl methyl sites for hydroxylation is 2. The van der Waals surface area contributed by atoms with Crippen LogP contribution in [0.1, 0.15) is 154 Å². The lowest BCUT2D eigenvalue weighted by atomic mass is 9.95. The van der Waals surface area contributed by atoms with Crippen LogP contribution in [0.25, 0.3) is 22.1 Å². The monoisotopic (exact) mass is 1210 g/mol. The van der Waals surface area contributed by atoms with Crippen LogP contribution in [0.15, 0.2) is 106 Å². The predicted octanol–water partition coefficient (Wildman–Crippen LogP) is 13.5. The summed E-state index contributed by atoms with van der Waals surface area (Å²) in [6, 6.07) is 31.5. The van der Waals surface area contributed by atoms with Crippen LogP contribution < -0.4 is 16.0 Å². The van der Waals surface area contributed by atoms with Crippen LogP contribution in [0.3, 0.4) is 0 Å². The van der Waals surface area contributed by atoms with Gasteiger partial charge >= 0.3 is 18.2 Å². The molecule has 428 valence electrons. The fourth-order valence-electron chi connectivity index (χ4n) is 10.1. The van der Waals surface area contributed by atoms with Crippen LogP contribution in [0.2, 0.25) is 0 Å². The van der Waals surface area contributed by atoms with E-state index < -0.39 is 35.4 Å². The third-order valence-electron chi connectivity index (χ3n) is 13.7. The highest BCUT2D eigenvalue weighted by Gasteiger charge is 2.31. The zero-order chi connectivity index (χ0) is 57.1. The number of para-hydroxylation sites is 4. The van der Waals surface area contributed by atoms with Crippen molar-refractivity contribution in [2.45, 2.75) is 181 Å². The Kier molecular flexibility index (Phi) is 23.8. The number of carboxylic acid groups (broad SMARTS) is 1. The molecule has 17 heteroatoms. The second-order valence-corrected chi connectivity index (χ2v) is 24.6. The van der Waals surface area contributed by atoms with E-state index in [2.05, 4.69) is 113 Å². The number of ether oxygens (including phenoxy) is 2. The zero-order valence-corrected chi connectivity index (χ0v) is 50.8.